The highest BCUT2D eigenvalue weighted by Crippen LogP contribution is 2.39. The topological polar surface area (TPSA) is 138 Å². The Bertz CT molecular complexity index is 1250. The number of halogens is 1. The number of benzene rings is 2. The number of carboxylic acid groups (broad SMARTS) is 2. The highest BCUT2D eigenvalue weighted by Gasteiger charge is 2.39. The number of allylic oxidation sites excluding steroid dienone is 2. The van der Waals surface area contributed by atoms with E-state index in [1.165, 1.54) is 12.1 Å². The smallest absolute Gasteiger partial charge is 0.337 e. The summed E-state index contributed by atoms with van der Waals surface area (Å²) in [4.78, 5) is 63.0. The summed E-state index contributed by atoms with van der Waals surface area (Å²) in [5.74, 6) is -6.33. The predicted molar refractivity (Wildman–Crippen MR) is 116 cm³/mol. The molecule has 2 unspecified atom stereocenters. The van der Waals surface area contributed by atoms with E-state index in [9.17, 15) is 34.2 Å². The molecule has 0 saturated heterocycles. The Balaban J connectivity index is 1.87. The first kappa shape index (κ1) is 21.6. The molecular weight excluding hydrogens is 482 g/mol. The average molecular weight is 498 g/mol. The molecule has 9 heteroatoms. The molecule has 0 aliphatic heterocycles. The lowest BCUT2D eigenvalue weighted by Crippen LogP contribution is -2.36. The van der Waals surface area contributed by atoms with E-state index in [-0.39, 0.29) is 50.8 Å². The molecule has 8 nitrogen and oxygen atoms in total. The highest BCUT2D eigenvalue weighted by molar-refractivity contribution is 9.10. The van der Waals surface area contributed by atoms with Gasteiger partial charge in [0.25, 0.3) is 0 Å². The van der Waals surface area contributed by atoms with Gasteiger partial charge in [0.2, 0.25) is 5.91 Å². The number of ketones is 2. The fraction of sp³-hybridized carbons (Fsp3) is 0.174. The summed E-state index contributed by atoms with van der Waals surface area (Å²) >= 11 is 3.19. The second kappa shape index (κ2) is 8.16. The summed E-state index contributed by atoms with van der Waals surface area (Å²) < 4.78 is 0.111. The van der Waals surface area contributed by atoms with Gasteiger partial charge < -0.3 is 15.5 Å². The van der Waals surface area contributed by atoms with Crippen LogP contribution in [0.2, 0.25) is 0 Å². The van der Waals surface area contributed by atoms with E-state index in [0.717, 1.165) is 6.07 Å². The van der Waals surface area contributed by atoms with Gasteiger partial charge in [-0.2, -0.15) is 0 Å². The third-order valence-electron chi connectivity index (χ3n) is 5.71. The monoisotopic (exact) mass is 497 g/mol. The number of anilines is 1. The van der Waals surface area contributed by atoms with Crippen molar-refractivity contribution < 1.29 is 34.2 Å². The van der Waals surface area contributed by atoms with Crippen LogP contribution in [0.15, 0.2) is 47.0 Å². The molecule has 0 bridgehead atoms. The van der Waals surface area contributed by atoms with Gasteiger partial charge in [-0.1, -0.05) is 36.4 Å². The normalized spacial score (nSPS) is 19.2. The molecule has 162 valence electrons. The number of carbonyl (C=O) groups is 5. The number of carbonyl (C=O) groups excluding carboxylic acids is 3. The standard InChI is InChI=1S/C23H16BrNO7/c24-15-9-14(23(31)32)18(25-21(28)12-7-3-4-8-13(12)22(29)30)17-16(15)19(26)10-5-1-2-6-11(10)20(17)27/h1-6,9,12-13H,7-8H2,(H,25,28)(H,29,30)(H,31,32). The molecule has 0 spiro atoms. The summed E-state index contributed by atoms with van der Waals surface area (Å²) in [6, 6.07) is 7.30. The third-order valence-corrected chi connectivity index (χ3v) is 6.34. The molecule has 0 heterocycles. The lowest BCUT2D eigenvalue weighted by molar-refractivity contribution is -0.146. The molecule has 2 aromatic carbocycles. The van der Waals surface area contributed by atoms with Crippen molar-refractivity contribution >= 4 is 51.0 Å². The molecule has 32 heavy (non-hydrogen) atoms. The maximum absolute atomic E-state index is 13.3. The third kappa shape index (κ3) is 3.44. The summed E-state index contributed by atoms with van der Waals surface area (Å²) in [5, 5.41) is 21.7. The van der Waals surface area contributed by atoms with Gasteiger partial charge in [0.1, 0.15) is 0 Å². The van der Waals surface area contributed by atoms with E-state index in [1.54, 1.807) is 24.3 Å². The Labute approximate surface area is 190 Å². The molecule has 2 aliphatic rings. The van der Waals surface area contributed by atoms with Crippen molar-refractivity contribution in [3.63, 3.8) is 0 Å². The van der Waals surface area contributed by atoms with Crippen molar-refractivity contribution in [2.75, 3.05) is 5.32 Å². The largest absolute Gasteiger partial charge is 0.481 e. The van der Waals surface area contributed by atoms with Crippen LogP contribution < -0.4 is 5.32 Å². The Morgan fingerprint density at radius 3 is 2.03 bits per heavy atom. The van der Waals surface area contributed by atoms with Crippen LogP contribution in [0.1, 0.15) is 55.0 Å². The van der Waals surface area contributed by atoms with E-state index in [0.29, 0.717) is 0 Å². The van der Waals surface area contributed by atoms with E-state index < -0.39 is 41.2 Å². The van der Waals surface area contributed by atoms with Crippen LogP contribution in [0.5, 0.6) is 0 Å². The van der Waals surface area contributed by atoms with E-state index in [2.05, 4.69) is 21.2 Å². The second-order valence-electron chi connectivity index (χ2n) is 7.52. The fourth-order valence-corrected chi connectivity index (χ4v) is 4.75. The van der Waals surface area contributed by atoms with Crippen LogP contribution in [-0.2, 0) is 9.59 Å². The van der Waals surface area contributed by atoms with Crippen molar-refractivity contribution in [1.82, 2.24) is 0 Å². The Morgan fingerprint density at radius 1 is 0.906 bits per heavy atom. The van der Waals surface area contributed by atoms with Crippen LogP contribution >= 0.6 is 15.9 Å². The minimum absolute atomic E-state index is 0.0488. The SMILES string of the molecule is O=C(O)c1cc(Br)c2c(c1NC(=O)C1CC=CCC1C(=O)O)C(=O)c1ccccc1C2=O. The number of fused-ring (bicyclic) bond motifs is 2. The lowest BCUT2D eigenvalue weighted by Gasteiger charge is -2.27. The number of aliphatic carboxylic acids is 1. The molecular formula is C23H16BrNO7. The number of rotatable bonds is 4. The number of hydrogen-bond acceptors (Lipinski definition) is 5. The van der Waals surface area contributed by atoms with Crippen LogP contribution in [0.25, 0.3) is 0 Å². The van der Waals surface area contributed by atoms with Gasteiger partial charge in [0.05, 0.1) is 34.2 Å². The second-order valence-corrected chi connectivity index (χ2v) is 8.38. The number of aromatic carboxylic acids is 1. The van der Waals surface area contributed by atoms with Gasteiger partial charge in [0.15, 0.2) is 11.6 Å². The Kier molecular flexibility index (Phi) is 5.52. The Morgan fingerprint density at radius 2 is 1.47 bits per heavy atom. The fourth-order valence-electron chi connectivity index (χ4n) is 4.14. The van der Waals surface area contributed by atoms with Gasteiger partial charge in [-0.25, -0.2) is 4.79 Å². The zero-order valence-corrected chi connectivity index (χ0v) is 18.0. The molecule has 1 amide bonds. The first-order valence-electron chi connectivity index (χ1n) is 9.69. The zero-order chi connectivity index (χ0) is 23.2. The van der Waals surface area contributed by atoms with Gasteiger partial charge in [0, 0.05) is 15.6 Å². The Hall–Kier alpha value is -3.59. The van der Waals surface area contributed by atoms with E-state index in [1.807, 2.05) is 0 Å². The highest BCUT2D eigenvalue weighted by atomic mass is 79.9. The molecule has 2 aromatic rings. The van der Waals surface area contributed by atoms with Gasteiger partial charge in [-0.05, 0) is 34.8 Å². The minimum Gasteiger partial charge on any atom is -0.481 e. The van der Waals surface area contributed by atoms with Crippen molar-refractivity contribution in [1.29, 1.82) is 0 Å². The molecule has 0 saturated carbocycles. The van der Waals surface area contributed by atoms with Crippen LogP contribution in [0.4, 0.5) is 5.69 Å². The molecule has 2 atom stereocenters. The maximum Gasteiger partial charge on any atom is 0.337 e. The average Bonchev–Trinajstić information content (AvgIpc) is 2.77. The number of amides is 1. The first-order valence-corrected chi connectivity index (χ1v) is 10.5. The lowest BCUT2D eigenvalue weighted by atomic mass is 9.80. The molecule has 0 fully saturated rings. The predicted octanol–water partition coefficient (Wildman–Crippen LogP) is 3.53. The summed E-state index contributed by atoms with van der Waals surface area (Å²) in [7, 11) is 0. The quantitative estimate of drug-likeness (QED) is 0.468. The molecule has 0 aromatic heterocycles. The van der Waals surface area contributed by atoms with Crippen LogP contribution in [-0.4, -0.2) is 39.6 Å². The van der Waals surface area contributed by atoms with Crippen molar-refractivity contribution in [2.24, 2.45) is 11.8 Å². The van der Waals surface area contributed by atoms with E-state index >= 15 is 0 Å². The van der Waals surface area contributed by atoms with Crippen LogP contribution in [0.3, 0.4) is 0 Å². The summed E-state index contributed by atoms with van der Waals surface area (Å²) in [6.07, 6.45) is 3.66. The number of carboxylic acids is 2. The van der Waals surface area contributed by atoms with E-state index in [4.69, 9.17) is 0 Å². The summed E-state index contributed by atoms with van der Waals surface area (Å²) in [5.41, 5.74) is -0.706. The van der Waals surface area contributed by atoms with Gasteiger partial charge in [-0.15, -0.1) is 0 Å². The van der Waals surface area contributed by atoms with Crippen molar-refractivity contribution in [3.05, 3.63) is 74.8 Å². The maximum atomic E-state index is 13.3. The van der Waals surface area contributed by atoms with Crippen LogP contribution in [0, 0.1) is 11.8 Å². The van der Waals surface area contributed by atoms with Gasteiger partial charge in [-0.3, -0.25) is 19.2 Å². The molecule has 0 radical (unpaired) electrons. The van der Waals surface area contributed by atoms with Crippen molar-refractivity contribution in [3.8, 4) is 0 Å². The molecule has 3 N–H and O–H groups in total. The zero-order valence-electron chi connectivity index (χ0n) is 16.4. The molecule has 4 rings (SSSR count). The molecule has 2 aliphatic carbocycles. The van der Waals surface area contributed by atoms with Crippen molar-refractivity contribution in [2.45, 2.75) is 12.8 Å². The minimum atomic E-state index is -1.42. The summed E-state index contributed by atoms with van der Waals surface area (Å²) in [6.45, 7) is 0. The first-order chi connectivity index (χ1) is 15.2. The van der Waals surface area contributed by atoms with Gasteiger partial charge >= 0.3 is 11.9 Å². The number of nitrogens with one attached hydrogen (secondary N) is 1. The number of hydrogen-bond donors (Lipinski definition) is 3.